The molecule has 0 atom stereocenters. The monoisotopic (exact) mass is 348 g/mol. The fourth-order valence-electron chi connectivity index (χ4n) is 2.41. The average Bonchev–Trinajstić information content (AvgIpc) is 2.52. The molecular weight excluding hydrogens is 331 g/mol. The summed E-state index contributed by atoms with van der Waals surface area (Å²) in [5.74, 6) is -1.25. The number of carbonyl (C=O) groups is 1. The first kappa shape index (κ1) is 17.2. The Morgan fingerprint density at radius 1 is 1.41 bits per heavy atom. The Morgan fingerprint density at radius 3 is 2.64 bits per heavy atom. The molecule has 1 aliphatic rings. The minimum Gasteiger partial charge on any atom is -0.323 e. The molecule has 0 aliphatic carbocycles. The van der Waals surface area contributed by atoms with E-state index < -0.39 is 15.8 Å². The predicted octanol–water partition coefficient (Wildman–Crippen LogP) is 2.48. The zero-order valence-corrected chi connectivity index (χ0v) is 13.8. The number of amides is 1. The molecule has 1 fully saturated rings. The van der Waals surface area contributed by atoms with E-state index in [1.807, 2.05) is 0 Å². The van der Waals surface area contributed by atoms with Gasteiger partial charge in [-0.2, -0.15) is 0 Å². The maximum atomic E-state index is 13.8. The third-order valence-electron chi connectivity index (χ3n) is 3.79. The SMILES string of the molecule is CCS(=O)(=O)N1CCC(C(=O)Nc2cccc(Cl)c2F)CC1. The van der Waals surface area contributed by atoms with E-state index in [4.69, 9.17) is 11.6 Å². The lowest BCUT2D eigenvalue weighted by Crippen LogP contribution is -2.42. The third-order valence-corrected chi connectivity index (χ3v) is 5.97. The molecule has 1 aromatic rings. The Bertz CT molecular complexity index is 658. The summed E-state index contributed by atoms with van der Waals surface area (Å²) in [6, 6.07) is 4.40. The molecule has 8 heteroatoms. The summed E-state index contributed by atoms with van der Waals surface area (Å²) in [7, 11) is -3.22. The van der Waals surface area contributed by atoms with Crippen LogP contribution in [0.5, 0.6) is 0 Å². The van der Waals surface area contributed by atoms with Gasteiger partial charge in [-0.15, -0.1) is 0 Å². The molecule has 0 spiro atoms. The summed E-state index contributed by atoms with van der Waals surface area (Å²) >= 11 is 5.67. The van der Waals surface area contributed by atoms with Gasteiger partial charge in [-0.3, -0.25) is 4.79 Å². The topological polar surface area (TPSA) is 66.5 Å². The van der Waals surface area contributed by atoms with E-state index in [0.717, 1.165) is 0 Å². The van der Waals surface area contributed by atoms with Crippen molar-refractivity contribution in [2.75, 3.05) is 24.2 Å². The van der Waals surface area contributed by atoms with E-state index in [0.29, 0.717) is 25.9 Å². The van der Waals surface area contributed by atoms with Crippen molar-refractivity contribution < 1.29 is 17.6 Å². The number of sulfonamides is 1. The van der Waals surface area contributed by atoms with Gasteiger partial charge in [0, 0.05) is 19.0 Å². The minimum atomic E-state index is -3.22. The Labute approximate surface area is 134 Å². The van der Waals surface area contributed by atoms with E-state index in [9.17, 15) is 17.6 Å². The maximum absolute atomic E-state index is 13.8. The van der Waals surface area contributed by atoms with Crippen LogP contribution in [0, 0.1) is 11.7 Å². The molecule has 1 N–H and O–H groups in total. The van der Waals surface area contributed by atoms with Gasteiger partial charge >= 0.3 is 0 Å². The molecule has 5 nitrogen and oxygen atoms in total. The van der Waals surface area contributed by atoms with E-state index in [-0.39, 0.29) is 28.3 Å². The molecule has 1 amide bonds. The van der Waals surface area contributed by atoms with Crippen LogP contribution in [0.3, 0.4) is 0 Å². The molecule has 1 aromatic carbocycles. The molecular formula is C14H18ClFN2O3S. The lowest BCUT2D eigenvalue weighted by atomic mass is 9.97. The van der Waals surface area contributed by atoms with Crippen molar-refractivity contribution in [2.24, 2.45) is 5.92 Å². The number of benzene rings is 1. The fraction of sp³-hybridized carbons (Fsp3) is 0.500. The second-order valence-corrected chi connectivity index (χ2v) is 7.83. The van der Waals surface area contributed by atoms with Gasteiger partial charge in [0.2, 0.25) is 15.9 Å². The molecule has 0 unspecified atom stereocenters. The van der Waals surface area contributed by atoms with Gasteiger partial charge in [0.1, 0.15) is 0 Å². The quantitative estimate of drug-likeness (QED) is 0.909. The normalized spacial score (nSPS) is 17.4. The van der Waals surface area contributed by atoms with Crippen LogP contribution in [0.1, 0.15) is 19.8 Å². The van der Waals surface area contributed by atoms with Crippen LogP contribution in [-0.4, -0.2) is 37.5 Å². The fourth-order valence-corrected chi connectivity index (χ4v) is 3.72. The number of rotatable bonds is 4. The highest BCUT2D eigenvalue weighted by Crippen LogP contribution is 2.25. The highest BCUT2D eigenvalue weighted by Gasteiger charge is 2.30. The second kappa shape index (κ2) is 6.93. The number of nitrogens with one attached hydrogen (secondary N) is 1. The number of anilines is 1. The molecule has 1 heterocycles. The lowest BCUT2D eigenvalue weighted by molar-refractivity contribution is -0.120. The van der Waals surface area contributed by atoms with Crippen molar-refractivity contribution in [1.29, 1.82) is 0 Å². The first-order valence-corrected chi connectivity index (χ1v) is 9.06. The highest BCUT2D eigenvalue weighted by atomic mass is 35.5. The molecule has 0 aromatic heterocycles. The van der Waals surface area contributed by atoms with Gasteiger partial charge in [0.25, 0.3) is 0 Å². The van der Waals surface area contributed by atoms with Gasteiger partial charge in [-0.25, -0.2) is 17.1 Å². The van der Waals surface area contributed by atoms with Crippen LogP contribution in [0.15, 0.2) is 18.2 Å². The molecule has 1 aliphatic heterocycles. The first-order valence-electron chi connectivity index (χ1n) is 7.08. The lowest BCUT2D eigenvalue weighted by Gasteiger charge is -2.30. The van der Waals surface area contributed by atoms with Crippen molar-refractivity contribution in [1.82, 2.24) is 4.31 Å². The van der Waals surface area contributed by atoms with E-state index >= 15 is 0 Å². The summed E-state index contributed by atoms with van der Waals surface area (Å²) in [4.78, 5) is 12.2. The number of halogens is 2. The number of hydrogen-bond donors (Lipinski definition) is 1. The summed E-state index contributed by atoms with van der Waals surface area (Å²) in [6.07, 6.45) is 0.848. The van der Waals surface area contributed by atoms with Crippen LogP contribution < -0.4 is 5.32 Å². The van der Waals surface area contributed by atoms with Gasteiger partial charge < -0.3 is 5.32 Å². The Morgan fingerprint density at radius 2 is 2.05 bits per heavy atom. The van der Waals surface area contributed by atoms with Crippen molar-refractivity contribution >= 4 is 33.2 Å². The van der Waals surface area contributed by atoms with Crippen LogP contribution in [0.2, 0.25) is 5.02 Å². The van der Waals surface area contributed by atoms with E-state index in [1.165, 1.54) is 16.4 Å². The van der Waals surface area contributed by atoms with Gasteiger partial charge in [0.05, 0.1) is 16.5 Å². The Hall–Kier alpha value is -1.18. The van der Waals surface area contributed by atoms with Crippen LogP contribution in [0.25, 0.3) is 0 Å². The molecule has 1 saturated heterocycles. The smallest absolute Gasteiger partial charge is 0.227 e. The van der Waals surface area contributed by atoms with Crippen molar-refractivity contribution in [3.63, 3.8) is 0 Å². The molecule has 22 heavy (non-hydrogen) atoms. The van der Waals surface area contributed by atoms with Crippen molar-refractivity contribution in [3.05, 3.63) is 29.0 Å². The zero-order valence-electron chi connectivity index (χ0n) is 12.2. The molecule has 122 valence electrons. The average molecular weight is 349 g/mol. The van der Waals surface area contributed by atoms with Crippen LogP contribution >= 0.6 is 11.6 Å². The summed E-state index contributed by atoms with van der Waals surface area (Å²) < 4.78 is 38.7. The van der Waals surface area contributed by atoms with Gasteiger partial charge in [-0.05, 0) is 31.9 Å². The number of carbonyl (C=O) groups excluding carboxylic acids is 1. The van der Waals surface area contributed by atoms with E-state index in [2.05, 4.69) is 5.32 Å². The second-order valence-electron chi connectivity index (χ2n) is 5.16. The van der Waals surface area contributed by atoms with E-state index in [1.54, 1.807) is 13.0 Å². The molecule has 0 bridgehead atoms. The van der Waals surface area contributed by atoms with Crippen molar-refractivity contribution in [2.45, 2.75) is 19.8 Å². The zero-order chi connectivity index (χ0) is 16.3. The Kier molecular flexibility index (Phi) is 5.41. The minimum absolute atomic E-state index is 0.0427. The number of nitrogens with zero attached hydrogens (tertiary/aromatic N) is 1. The highest BCUT2D eigenvalue weighted by molar-refractivity contribution is 7.89. The Balaban J connectivity index is 1.97. The van der Waals surface area contributed by atoms with Crippen LogP contribution in [0.4, 0.5) is 10.1 Å². The number of piperidine rings is 1. The summed E-state index contributed by atoms with van der Waals surface area (Å²) in [5.41, 5.74) is 0.0427. The molecule has 2 rings (SSSR count). The predicted molar refractivity (Wildman–Crippen MR) is 83.8 cm³/mol. The standard InChI is InChI=1S/C14H18ClFN2O3S/c1-2-22(20,21)18-8-6-10(7-9-18)14(19)17-12-5-3-4-11(15)13(12)16/h3-5,10H,2,6-9H2,1H3,(H,17,19). The molecule has 0 saturated carbocycles. The third kappa shape index (κ3) is 3.77. The maximum Gasteiger partial charge on any atom is 0.227 e. The van der Waals surface area contributed by atoms with Crippen LogP contribution in [-0.2, 0) is 14.8 Å². The van der Waals surface area contributed by atoms with Crippen molar-refractivity contribution in [3.8, 4) is 0 Å². The largest absolute Gasteiger partial charge is 0.323 e. The van der Waals surface area contributed by atoms with Gasteiger partial charge in [-0.1, -0.05) is 17.7 Å². The summed E-state index contributed by atoms with van der Waals surface area (Å²) in [6.45, 7) is 2.22. The number of hydrogen-bond acceptors (Lipinski definition) is 3. The van der Waals surface area contributed by atoms with Gasteiger partial charge in [0.15, 0.2) is 5.82 Å². The summed E-state index contributed by atoms with van der Waals surface area (Å²) in [5, 5.41) is 2.47. The molecule has 0 radical (unpaired) electrons. The first-order chi connectivity index (χ1) is 10.3.